The maximum absolute atomic E-state index is 10.1. The van der Waals surface area contributed by atoms with Gasteiger partial charge in [0.1, 0.15) is 18.1 Å². The summed E-state index contributed by atoms with van der Waals surface area (Å²) in [7, 11) is 1.66. The van der Waals surface area contributed by atoms with E-state index in [2.05, 4.69) is 20.8 Å². The van der Waals surface area contributed by atoms with Crippen molar-refractivity contribution < 1.29 is 14.6 Å². The van der Waals surface area contributed by atoms with Gasteiger partial charge in [-0.1, -0.05) is 41.5 Å². The first kappa shape index (κ1) is 16.8. The SMILES string of the molecule is COc1ccc(OCC(O)C(C)(C)C)c(C(C)(C)C)c1. The van der Waals surface area contributed by atoms with E-state index >= 15 is 0 Å². The van der Waals surface area contributed by atoms with Crippen LogP contribution in [0.2, 0.25) is 0 Å². The molecule has 114 valence electrons. The van der Waals surface area contributed by atoms with Crippen molar-refractivity contribution in [2.75, 3.05) is 13.7 Å². The van der Waals surface area contributed by atoms with E-state index in [1.54, 1.807) is 7.11 Å². The lowest BCUT2D eigenvalue weighted by Gasteiger charge is -2.28. The molecule has 1 aromatic rings. The van der Waals surface area contributed by atoms with Crippen LogP contribution in [0.3, 0.4) is 0 Å². The molecule has 0 fully saturated rings. The molecule has 0 amide bonds. The molecule has 1 N–H and O–H groups in total. The maximum Gasteiger partial charge on any atom is 0.123 e. The predicted molar refractivity (Wildman–Crippen MR) is 82.7 cm³/mol. The summed E-state index contributed by atoms with van der Waals surface area (Å²) >= 11 is 0. The van der Waals surface area contributed by atoms with Gasteiger partial charge < -0.3 is 14.6 Å². The van der Waals surface area contributed by atoms with Gasteiger partial charge in [0.05, 0.1) is 13.2 Å². The number of methoxy groups -OCH3 is 1. The standard InChI is InChI=1S/C17H28O3/c1-16(2,3)13-10-12(19-7)8-9-14(13)20-11-15(18)17(4,5)6/h8-10,15,18H,11H2,1-7H3. The van der Waals surface area contributed by atoms with Crippen molar-refractivity contribution in [3.05, 3.63) is 23.8 Å². The van der Waals surface area contributed by atoms with E-state index in [0.29, 0.717) is 6.61 Å². The average molecular weight is 280 g/mol. The molecule has 0 saturated carbocycles. The fourth-order valence-corrected chi connectivity index (χ4v) is 1.77. The number of hydrogen-bond acceptors (Lipinski definition) is 3. The highest BCUT2D eigenvalue weighted by atomic mass is 16.5. The average Bonchev–Trinajstić information content (AvgIpc) is 2.33. The minimum atomic E-state index is -0.502. The summed E-state index contributed by atoms with van der Waals surface area (Å²) in [6.07, 6.45) is -0.502. The molecule has 0 saturated heterocycles. The summed E-state index contributed by atoms with van der Waals surface area (Å²) in [6.45, 7) is 12.7. The van der Waals surface area contributed by atoms with Crippen LogP contribution in [-0.2, 0) is 5.41 Å². The third-order valence-electron chi connectivity index (χ3n) is 3.39. The van der Waals surface area contributed by atoms with Gasteiger partial charge >= 0.3 is 0 Å². The van der Waals surface area contributed by atoms with Gasteiger partial charge in [-0.15, -0.1) is 0 Å². The molecule has 20 heavy (non-hydrogen) atoms. The summed E-state index contributed by atoms with van der Waals surface area (Å²) in [5.74, 6) is 1.63. The van der Waals surface area contributed by atoms with E-state index in [4.69, 9.17) is 9.47 Å². The molecule has 3 nitrogen and oxygen atoms in total. The van der Waals surface area contributed by atoms with Gasteiger partial charge in [-0.05, 0) is 29.0 Å². The number of aliphatic hydroxyl groups excluding tert-OH is 1. The lowest BCUT2D eigenvalue weighted by molar-refractivity contribution is 0.0213. The molecule has 0 heterocycles. The van der Waals surface area contributed by atoms with E-state index in [-0.39, 0.29) is 10.8 Å². The zero-order chi connectivity index (χ0) is 15.6. The number of ether oxygens (including phenoxy) is 2. The molecule has 0 spiro atoms. The predicted octanol–water partition coefficient (Wildman–Crippen LogP) is 3.78. The van der Waals surface area contributed by atoms with Gasteiger partial charge in [-0.25, -0.2) is 0 Å². The Bertz CT molecular complexity index is 439. The van der Waals surface area contributed by atoms with Gasteiger partial charge in [-0.3, -0.25) is 0 Å². The molecule has 1 aromatic carbocycles. The van der Waals surface area contributed by atoms with Crippen molar-refractivity contribution in [3.8, 4) is 11.5 Å². The lowest BCUT2D eigenvalue weighted by Crippen LogP contribution is -2.32. The second kappa shape index (κ2) is 6.04. The Labute approximate surface area is 122 Å². The van der Waals surface area contributed by atoms with Crippen molar-refractivity contribution in [1.29, 1.82) is 0 Å². The number of benzene rings is 1. The quantitative estimate of drug-likeness (QED) is 0.912. The van der Waals surface area contributed by atoms with Gasteiger partial charge in [0.25, 0.3) is 0 Å². The summed E-state index contributed by atoms with van der Waals surface area (Å²) in [4.78, 5) is 0. The molecule has 0 bridgehead atoms. The third kappa shape index (κ3) is 4.41. The third-order valence-corrected chi connectivity index (χ3v) is 3.39. The maximum atomic E-state index is 10.1. The normalized spacial score (nSPS) is 14.0. The molecule has 0 aliphatic rings. The van der Waals surface area contributed by atoms with Gasteiger partial charge in [0, 0.05) is 5.56 Å². The van der Waals surface area contributed by atoms with E-state index in [1.807, 2.05) is 39.0 Å². The minimum Gasteiger partial charge on any atom is -0.497 e. The number of aliphatic hydroxyl groups is 1. The lowest BCUT2D eigenvalue weighted by atomic mass is 9.86. The van der Waals surface area contributed by atoms with Crippen LogP contribution in [0.25, 0.3) is 0 Å². The van der Waals surface area contributed by atoms with Gasteiger partial charge in [0.2, 0.25) is 0 Å². The van der Waals surface area contributed by atoms with Crippen LogP contribution in [0.1, 0.15) is 47.1 Å². The Morgan fingerprint density at radius 3 is 2.15 bits per heavy atom. The second-order valence-electron chi connectivity index (χ2n) is 7.30. The van der Waals surface area contributed by atoms with Crippen LogP contribution in [0.4, 0.5) is 0 Å². The fraction of sp³-hybridized carbons (Fsp3) is 0.647. The molecule has 0 radical (unpaired) electrons. The summed E-state index contributed by atoms with van der Waals surface area (Å²) in [6, 6.07) is 5.79. The van der Waals surface area contributed by atoms with Crippen molar-refractivity contribution in [2.45, 2.75) is 53.1 Å². The zero-order valence-electron chi connectivity index (χ0n) is 13.8. The van der Waals surface area contributed by atoms with Crippen LogP contribution in [-0.4, -0.2) is 24.9 Å². The van der Waals surface area contributed by atoms with E-state index in [1.165, 1.54) is 0 Å². The van der Waals surface area contributed by atoms with Crippen molar-refractivity contribution in [1.82, 2.24) is 0 Å². The Morgan fingerprint density at radius 2 is 1.70 bits per heavy atom. The van der Waals surface area contributed by atoms with E-state index in [0.717, 1.165) is 17.1 Å². The van der Waals surface area contributed by atoms with Crippen LogP contribution in [0, 0.1) is 5.41 Å². The van der Waals surface area contributed by atoms with E-state index in [9.17, 15) is 5.11 Å². The van der Waals surface area contributed by atoms with Crippen LogP contribution in [0.15, 0.2) is 18.2 Å². The first-order valence-corrected chi connectivity index (χ1v) is 7.05. The highest BCUT2D eigenvalue weighted by molar-refractivity contribution is 5.44. The summed E-state index contributed by atoms with van der Waals surface area (Å²) in [5.41, 5.74) is 0.850. The molecular weight excluding hydrogens is 252 g/mol. The molecule has 1 unspecified atom stereocenters. The first-order valence-electron chi connectivity index (χ1n) is 7.05. The van der Waals surface area contributed by atoms with Crippen molar-refractivity contribution >= 4 is 0 Å². The van der Waals surface area contributed by atoms with Crippen LogP contribution in [0.5, 0.6) is 11.5 Å². The van der Waals surface area contributed by atoms with Crippen LogP contribution >= 0.6 is 0 Å². The zero-order valence-corrected chi connectivity index (χ0v) is 13.8. The molecule has 1 rings (SSSR count). The molecule has 1 atom stereocenters. The van der Waals surface area contributed by atoms with Gasteiger partial charge in [0.15, 0.2) is 0 Å². The Kier molecular flexibility index (Phi) is 5.09. The molecule has 0 aliphatic heterocycles. The minimum absolute atomic E-state index is 0.0451. The molecule has 0 aromatic heterocycles. The second-order valence-corrected chi connectivity index (χ2v) is 7.30. The topological polar surface area (TPSA) is 38.7 Å². The first-order chi connectivity index (χ1) is 9.05. The Morgan fingerprint density at radius 1 is 1.10 bits per heavy atom. The molecule has 0 aliphatic carbocycles. The number of rotatable bonds is 4. The Hall–Kier alpha value is -1.22. The van der Waals surface area contributed by atoms with E-state index < -0.39 is 6.10 Å². The summed E-state index contributed by atoms with van der Waals surface area (Å²) < 4.78 is 11.1. The smallest absolute Gasteiger partial charge is 0.123 e. The largest absolute Gasteiger partial charge is 0.497 e. The van der Waals surface area contributed by atoms with Crippen molar-refractivity contribution in [3.63, 3.8) is 0 Å². The fourth-order valence-electron chi connectivity index (χ4n) is 1.77. The highest BCUT2D eigenvalue weighted by Crippen LogP contribution is 2.34. The van der Waals surface area contributed by atoms with Crippen LogP contribution < -0.4 is 9.47 Å². The highest BCUT2D eigenvalue weighted by Gasteiger charge is 2.25. The monoisotopic (exact) mass is 280 g/mol. The number of hydrogen-bond donors (Lipinski definition) is 1. The molecular formula is C17H28O3. The molecule has 3 heteroatoms. The summed E-state index contributed by atoms with van der Waals surface area (Å²) in [5, 5.41) is 10.1. The van der Waals surface area contributed by atoms with Gasteiger partial charge in [-0.2, -0.15) is 0 Å². The Balaban J connectivity index is 2.95. The van der Waals surface area contributed by atoms with Crippen molar-refractivity contribution in [2.24, 2.45) is 5.41 Å².